The fourth-order valence-electron chi connectivity index (χ4n) is 2.66. The van der Waals surface area contributed by atoms with Crippen LogP contribution >= 0.6 is 0 Å². The minimum atomic E-state index is -0.397. The Labute approximate surface area is 146 Å². The molecule has 4 rings (SSSR count). The molecule has 0 unspecified atom stereocenters. The number of aryl methyl sites for hydroxylation is 2. The average molecular weight is 340 g/mol. The van der Waals surface area contributed by atoms with Crippen LogP contribution in [0.4, 0.5) is 0 Å². The van der Waals surface area contributed by atoms with Crippen LogP contribution in [0.5, 0.6) is 17.2 Å². The van der Waals surface area contributed by atoms with Gasteiger partial charge in [0, 0.05) is 13.3 Å². The maximum absolute atomic E-state index is 11.8. The Kier molecular flexibility index (Phi) is 5.33. The van der Waals surface area contributed by atoms with Gasteiger partial charge in [-0.3, -0.25) is 9.59 Å². The van der Waals surface area contributed by atoms with E-state index in [1.54, 1.807) is 6.07 Å². The molecule has 2 aliphatic heterocycles. The van der Waals surface area contributed by atoms with Crippen LogP contribution in [-0.4, -0.2) is 18.5 Å². The second-order valence-electron chi connectivity index (χ2n) is 5.94. The van der Waals surface area contributed by atoms with Gasteiger partial charge in [0.1, 0.15) is 5.75 Å². The molecule has 0 aliphatic carbocycles. The van der Waals surface area contributed by atoms with E-state index in [2.05, 4.69) is 0 Å². The van der Waals surface area contributed by atoms with E-state index in [1.807, 2.05) is 36.4 Å². The molecule has 0 amide bonds. The highest BCUT2D eigenvalue weighted by molar-refractivity contribution is 5.71. The van der Waals surface area contributed by atoms with Crippen molar-refractivity contribution in [3.8, 4) is 17.2 Å². The molecule has 0 atom stereocenters. The fourth-order valence-corrected chi connectivity index (χ4v) is 2.66. The molecule has 25 heavy (non-hydrogen) atoms. The lowest BCUT2D eigenvalue weighted by Gasteiger charge is -2.12. The minimum absolute atomic E-state index is 0.180. The smallest absolute Gasteiger partial charge is 0.308 e. The summed E-state index contributed by atoms with van der Waals surface area (Å²) >= 11 is 0. The highest BCUT2D eigenvalue weighted by Gasteiger charge is 2.12. The van der Waals surface area contributed by atoms with Gasteiger partial charge in [-0.15, -0.1) is 0 Å². The van der Waals surface area contributed by atoms with Crippen LogP contribution in [0.3, 0.4) is 0 Å². The summed E-state index contributed by atoms with van der Waals surface area (Å²) < 4.78 is 16.4. The Morgan fingerprint density at radius 2 is 1.76 bits per heavy atom. The molecule has 0 N–H and O–H groups in total. The Morgan fingerprint density at radius 1 is 1.00 bits per heavy atom. The molecule has 0 saturated carbocycles. The lowest BCUT2D eigenvalue weighted by Crippen LogP contribution is -2.07. The fraction of sp³-hybridized carbons (Fsp3) is 0.300. The highest BCUT2D eigenvalue weighted by atomic mass is 16.6. The molecule has 0 saturated heterocycles. The SMILES string of the molecule is CC(=O)Oc1ccc2cc1Oc1ccc(cc1)CCC(=O)OCCC2. The van der Waals surface area contributed by atoms with Crippen molar-refractivity contribution in [1.29, 1.82) is 0 Å². The van der Waals surface area contributed by atoms with Crippen molar-refractivity contribution in [3.63, 3.8) is 0 Å². The number of fused-ring (bicyclic) bond motifs is 8. The van der Waals surface area contributed by atoms with Gasteiger partial charge in [0.15, 0.2) is 11.5 Å². The van der Waals surface area contributed by atoms with Crippen molar-refractivity contribution in [3.05, 3.63) is 53.6 Å². The molecule has 0 spiro atoms. The van der Waals surface area contributed by atoms with Crippen LogP contribution in [0.25, 0.3) is 0 Å². The van der Waals surface area contributed by atoms with Gasteiger partial charge in [0.05, 0.1) is 6.61 Å². The molecular weight excluding hydrogens is 320 g/mol. The summed E-state index contributed by atoms with van der Waals surface area (Å²) in [7, 11) is 0. The Bertz CT molecular complexity index is 764. The normalized spacial score (nSPS) is 14.7. The predicted molar refractivity (Wildman–Crippen MR) is 91.9 cm³/mol. The molecule has 2 aliphatic rings. The first kappa shape index (κ1) is 17.0. The molecule has 2 heterocycles. The van der Waals surface area contributed by atoms with Gasteiger partial charge in [0.25, 0.3) is 0 Å². The number of esters is 2. The second kappa shape index (κ2) is 7.83. The third-order valence-corrected chi connectivity index (χ3v) is 3.90. The Morgan fingerprint density at radius 3 is 2.52 bits per heavy atom. The molecule has 2 aromatic rings. The molecule has 4 bridgehead atoms. The first-order valence-electron chi connectivity index (χ1n) is 8.34. The van der Waals surface area contributed by atoms with Crippen LogP contribution in [0.2, 0.25) is 0 Å². The quantitative estimate of drug-likeness (QED) is 0.583. The van der Waals surface area contributed by atoms with E-state index in [0.29, 0.717) is 36.7 Å². The number of carbonyl (C=O) groups excluding carboxylic acids is 2. The van der Waals surface area contributed by atoms with E-state index in [9.17, 15) is 9.59 Å². The van der Waals surface area contributed by atoms with Crippen LogP contribution in [0, 0.1) is 0 Å². The molecule has 0 fully saturated rings. The largest absolute Gasteiger partial charge is 0.466 e. The predicted octanol–water partition coefficient (Wildman–Crippen LogP) is 3.83. The van der Waals surface area contributed by atoms with Gasteiger partial charge in [-0.25, -0.2) is 0 Å². The van der Waals surface area contributed by atoms with Gasteiger partial charge in [-0.2, -0.15) is 0 Å². The average Bonchev–Trinajstić information content (AvgIpc) is 2.60. The minimum Gasteiger partial charge on any atom is -0.466 e. The van der Waals surface area contributed by atoms with Gasteiger partial charge in [-0.1, -0.05) is 18.2 Å². The number of hydrogen-bond acceptors (Lipinski definition) is 5. The molecule has 5 nitrogen and oxygen atoms in total. The molecule has 0 radical (unpaired) electrons. The Hall–Kier alpha value is -2.82. The van der Waals surface area contributed by atoms with E-state index in [1.165, 1.54) is 6.92 Å². The van der Waals surface area contributed by atoms with E-state index in [-0.39, 0.29) is 5.97 Å². The summed E-state index contributed by atoms with van der Waals surface area (Å²) in [6, 6.07) is 13.0. The van der Waals surface area contributed by atoms with Crippen LogP contribution in [-0.2, 0) is 27.2 Å². The number of ether oxygens (including phenoxy) is 3. The number of benzene rings is 2. The number of carbonyl (C=O) groups is 2. The van der Waals surface area contributed by atoms with Crippen molar-refractivity contribution < 1.29 is 23.8 Å². The summed E-state index contributed by atoms with van der Waals surface area (Å²) in [5.74, 6) is 0.946. The summed E-state index contributed by atoms with van der Waals surface area (Å²) in [5.41, 5.74) is 2.06. The zero-order valence-electron chi connectivity index (χ0n) is 14.1. The maximum Gasteiger partial charge on any atom is 0.308 e. The molecule has 5 heteroatoms. The number of rotatable bonds is 1. The van der Waals surface area contributed by atoms with Gasteiger partial charge < -0.3 is 14.2 Å². The summed E-state index contributed by atoms with van der Waals surface area (Å²) in [6.07, 6.45) is 2.46. The van der Waals surface area contributed by atoms with Crippen LogP contribution in [0.1, 0.15) is 30.9 Å². The summed E-state index contributed by atoms with van der Waals surface area (Å²) in [6.45, 7) is 1.75. The first-order chi connectivity index (χ1) is 12.1. The van der Waals surface area contributed by atoms with Crippen molar-refractivity contribution in [2.75, 3.05) is 6.61 Å². The van der Waals surface area contributed by atoms with E-state index >= 15 is 0 Å². The van der Waals surface area contributed by atoms with Crippen LogP contribution in [0.15, 0.2) is 42.5 Å². The second-order valence-corrected chi connectivity index (χ2v) is 5.94. The third-order valence-electron chi connectivity index (χ3n) is 3.90. The lowest BCUT2D eigenvalue weighted by molar-refractivity contribution is -0.143. The van der Waals surface area contributed by atoms with Gasteiger partial charge >= 0.3 is 11.9 Å². The topological polar surface area (TPSA) is 61.8 Å². The van der Waals surface area contributed by atoms with E-state index in [4.69, 9.17) is 14.2 Å². The van der Waals surface area contributed by atoms with Crippen molar-refractivity contribution >= 4 is 11.9 Å². The lowest BCUT2D eigenvalue weighted by atomic mass is 10.1. The van der Waals surface area contributed by atoms with Gasteiger partial charge in [-0.05, 0) is 54.7 Å². The van der Waals surface area contributed by atoms with Crippen molar-refractivity contribution in [2.45, 2.75) is 32.6 Å². The molecule has 0 aromatic heterocycles. The van der Waals surface area contributed by atoms with Crippen molar-refractivity contribution in [2.24, 2.45) is 0 Å². The standard InChI is InChI=1S/C20H20O5/c1-14(21)24-18-10-6-16-3-2-12-23-20(22)11-7-15-4-8-17(9-5-15)25-19(18)13-16/h4-6,8-10,13H,2-3,7,11-12H2,1H3. The van der Waals surface area contributed by atoms with E-state index in [0.717, 1.165) is 24.0 Å². The Balaban J connectivity index is 1.91. The molecule has 130 valence electrons. The van der Waals surface area contributed by atoms with Crippen LogP contribution < -0.4 is 9.47 Å². The monoisotopic (exact) mass is 340 g/mol. The summed E-state index contributed by atoms with van der Waals surface area (Å²) in [4.78, 5) is 23.1. The molecular formula is C20H20O5. The maximum atomic E-state index is 11.8. The third kappa shape index (κ3) is 4.83. The zero-order valence-corrected chi connectivity index (χ0v) is 14.1. The van der Waals surface area contributed by atoms with Crippen molar-refractivity contribution in [1.82, 2.24) is 0 Å². The first-order valence-corrected chi connectivity index (χ1v) is 8.34. The van der Waals surface area contributed by atoms with Gasteiger partial charge in [0.2, 0.25) is 0 Å². The number of hydrogen-bond donors (Lipinski definition) is 0. The van der Waals surface area contributed by atoms with E-state index < -0.39 is 5.97 Å². The highest BCUT2D eigenvalue weighted by Crippen LogP contribution is 2.33. The molecule has 2 aromatic carbocycles. The summed E-state index contributed by atoms with van der Waals surface area (Å²) in [5, 5.41) is 0. The zero-order chi connectivity index (χ0) is 17.6.